The molecule has 4 rings (SSSR count). The molecule has 9 atom stereocenters. The predicted octanol–water partition coefficient (Wildman–Crippen LogP) is -1.66. The number of nitrogens with two attached hydrogens (primary N) is 2. The summed E-state index contributed by atoms with van der Waals surface area (Å²) in [5, 5.41) is 11.2. The minimum absolute atomic E-state index is 0.0157. The van der Waals surface area contributed by atoms with Crippen molar-refractivity contribution in [1.82, 2.24) is 19.1 Å². The number of aryl methyl sites for hydroxylation is 2. The molecule has 2 aliphatic heterocycles. The first-order valence-corrected chi connectivity index (χ1v) is 20.4. The monoisotopic (exact) mass is 804 g/mol. The zero-order valence-corrected chi connectivity index (χ0v) is 31.4. The van der Waals surface area contributed by atoms with E-state index in [9.17, 15) is 29.4 Å². The number of anilines is 2. The molecule has 0 aliphatic carbocycles. The lowest BCUT2D eigenvalue weighted by atomic mass is 10.1. The van der Waals surface area contributed by atoms with Gasteiger partial charge in [-0.25, -0.2) is 9.59 Å². The van der Waals surface area contributed by atoms with Crippen LogP contribution >= 0.6 is 13.4 Å². The first-order valence-electron chi connectivity index (χ1n) is 15.2. The van der Waals surface area contributed by atoms with E-state index in [1.165, 1.54) is 26.6 Å². The maximum atomic E-state index is 12.9. The van der Waals surface area contributed by atoms with Gasteiger partial charge >= 0.3 is 24.8 Å². The number of aliphatic hydroxyl groups excluding tert-OH is 1. The molecule has 0 saturated carbocycles. The molecule has 2 aliphatic rings. The zero-order chi connectivity index (χ0) is 37.7. The minimum Gasteiger partial charge on any atom is -0.387 e. The first-order chi connectivity index (χ1) is 24.0. The summed E-state index contributed by atoms with van der Waals surface area (Å²) in [6.07, 6.45) is -7.35. The number of nitrogens with zero attached hydrogens (tertiary/aromatic N) is 4. The molecule has 4 heterocycles. The summed E-state index contributed by atoms with van der Waals surface area (Å²) in [6.45, 7) is -6.24. The number of aliphatic hydroxyl groups is 1. The van der Waals surface area contributed by atoms with Gasteiger partial charge in [0.05, 0.1) is 39.6 Å². The van der Waals surface area contributed by atoms with Crippen LogP contribution in [-0.4, -0.2) is 129 Å². The molecule has 0 bridgehead atoms. The Morgan fingerprint density at radius 1 is 0.784 bits per heavy atom. The normalized spacial score (nSPS) is 27.9. The van der Waals surface area contributed by atoms with E-state index in [-0.39, 0.29) is 38.1 Å². The highest BCUT2D eigenvalue weighted by molar-refractivity contribution is 8.07. The molecule has 21 nitrogen and oxygen atoms in total. The second-order valence-electron chi connectivity index (χ2n) is 11.4. The van der Waals surface area contributed by atoms with Crippen molar-refractivity contribution >= 4 is 48.7 Å². The SMILES string of the molecule is COCCO[C@H]1C(O)[C@@H](COP(O)(=S)OC2[C@@H](COP(O)(O)=S)O[C@@H](n3cc(C)c(N)nc3=O)[C@H]2OCCOC)O[C@H]1n1cc(C)c(N)nc1=O. The third kappa shape index (κ3) is 10.9. The number of aromatic nitrogens is 4. The molecule has 51 heavy (non-hydrogen) atoms. The van der Waals surface area contributed by atoms with Gasteiger partial charge < -0.3 is 68.7 Å². The van der Waals surface area contributed by atoms with Gasteiger partial charge in [-0.2, -0.15) is 9.97 Å². The van der Waals surface area contributed by atoms with Crippen LogP contribution in [0, 0.1) is 13.8 Å². The summed E-state index contributed by atoms with van der Waals surface area (Å²) >= 11 is 9.92. The van der Waals surface area contributed by atoms with Crippen molar-refractivity contribution in [2.45, 2.75) is 62.9 Å². The van der Waals surface area contributed by atoms with Gasteiger partial charge in [-0.3, -0.25) is 13.7 Å². The largest absolute Gasteiger partial charge is 0.387 e. The highest BCUT2D eigenvalue weighted by atomic mass is 32.5. The van der Waals surface area contributed by atoms with Crippen molar-refractivity contribution < 1.29 is 61.8 Å². The van der Waals surface area contributed by atoms with Crippen molar-refractivity contribution in [3.05, 3.63) is 44.5 Å². The number of hydrogen-bond donors (Lipinski definition) is 6. The van der Waals surface area contributed by atoms with E-state index >= 15 is 0 Å². The van der Waals surface area contributed by atoms with E-state index in [0.717, 1.165) is 9.13 Å². The Kier molecular flexibility index (Phi) is 14.8. The van der Waals surface area contributed by atoms with Gasteiger partial charge in [0.1, 0.15) is 48.3 Å². The van der Waals surface area contributed by atoms with E-state index in [2.05, 4.69) is 21.8 Å². The van der Waals surface area contributed by atoms with Crippen LogP contribution in [0.15, 0.2) is 22.0 Å². The average Bonchev–Trinajstić information content (AvgIpc) is 3.54. The number of ether oxygens (including phenoxy) is 6. The van der Waals surface area contributed by atoms with Gasteiger partial charge in [0, 0.05) is 37.7 Å². The molecule has 2 saturated heterocycles. The zero-order valence-electron chi connectivity index (χ0n) is 28.0. The molecule has 0 spiro atoms. The van der Waals surface area contributed by atoms with Crippen LogP contribution in [0.3, 0.4) is 0 Å². The van der Waals surface area contributed by atoms with Crippen LogP contribution in [0.1, 0.15) is 23.6 Å². The second kappa shape index (κ2) is 18.0. The van der Waals surface area contributed by atoms with Crippen LogP contribution in [0.5, 0.6) is 0 Å². The molecular formula is C26H42N6O15P2S2. The Bertz CT molecular complexity index is 1720. The molecule has 25 heteroatoms. The van der Waals surface area contributed by atoms with Gasteiger partial charge in [0.15, 0.2) is 12.5 Å². The van der Waals surface area contributed by atoms with Crippen molar-refractivity contribution in [2.24, 2.45) is 0 Å². The summed E-state index contributed by atoms with van der Waals surface area (Å²) in [4.78, 5) is 64.1. The van der Waals surface area contributed by atoms with Crippen molar-refractivity contribution in [1.29, 1.82) is 0 Å². The molecule has 0 aromatic carbocycles. The first kappa shape index (κ1) is 41.9. The maximum Gasteiger partial charge on any atom is 0.351 e. The highest BCUT2D eigenvalue weighted by Crippen LogP contribution is 2.51. The number of nitrogen functional groups attached to an aromatic ring is 2. The van der Waals surface area contributed by atoms with Crippen molar-refractivity contribution in [2.75, 3.05) is 65.3 Å². The van der Waals surface area contributed by atoms with E-state index in [4.69, 9.17) is 65.3 Å². The standard InChI is InChI=1S/C26H42N6O15P2S2/c1-13-9-31(25(34)29-21(13)27)23-19(41-7-5-39-3)17(33)15(45-23)11-44-49(38,51)47-18-16(12-43-48(36,37)50)46-24(20(18)42-8-6-40-4)32-10-14(2)22(28)30-26(32)35/h9-10,15-20,23-24,33H,5-8,11-12H2,1-4H3,(H,38,51)(H2,27,29,34)(H2,28,30,35)(H2,36,37,50)/t15-,16-,17?,18?,19+,20+,23-,24-,49?/m1/s1. The van der Waals surface area contributed by atoms with Crippen LogP contribution in [0.2, 0.25) is 0 Å². The van der Waals surface area contributed by atoms with Crippen LogP contribution in [0.4, 0.5) is 11.6 Å². The van der Waals surface area contributed by atoms with E-state index < -0.39 is 87.1 Å². The molecule has 2 fully saturated rings. The number of rotatable bonds is 18. The molecule has 8 N–H and O–H groups in total. The Balaban J connectivity index is 1.59. The third-order valence-electron chi connectivity index (χ3n) is 7.75. The average molecular weight is 805 g/mol. The Hall–Kier alpha value is -1.86. The summed E-state index contributed by atoms with van der Waals surface area (Å²) < 4.78 is 52.7. The van der Waals surface area contributed by atoms with Crippen LogP contribution in [0.25, 0.3) is 0 Å². The van der Waals surface area contributed by atoms with Gasteiger partial charge in [-0.05, 0) is 37.5 Å². The molecule has 2 aromatic heterocycles. The van der Waals surface area contributed by atoms with Gasteiger partial charge in [0.25, 0.3) is 0 Å². The topological polar surface area (TPSA) is 286 Å². The lowest BCUT2D eigenvalue weighted by Gasteiger charge is -2.29. The Morgan fingerprint density at radius 3 is 1.76 bits per heavy atom. The van der Waals surface area contributed by atoms with Gasteiger partial charge in [-0.1, -0.05) is 0 Å². The Morgan fingerprint density at radius 2 is 1.25 bits per heavy atom. The van der Waals surface area contributed by atoms with Gasteiger partial charge in [0.2, 0.25) is 0 Å². The number of hydrogen-bond acceptors (Lipinski definition) is 18. The molecule has 3 unspecified atom stereocenters. The van der Waals surface area contributed by atoms with E-state index in [0.29, 0.717) is 11.1 Å². The fourth-order valence-corrected chi connectivity index (χ4v) is 7.17. The Labute approximate surface area is 301 Å². The predicted molar refractivity (Wildman–Crippen MR) is 184 cm³/mol. The van der Waals surface area contributed by atoms with Crippen LogP contribution < -0.4 is 22.8 Å². The molecule has 2 aromatic rings. The second-order valence-corrected chi connectivity index (χ2v) is 16.9. The van der Waals surface area contributed by atoms with Crippen molar-refractivity contribution in [3.63, 3.8) is 0 Å². The lowest BCUT2D eigenvalue weighted by molar-refractivity contribution is -0.0833. The maximum absolute atomic E-state index is 12.9. The fraction of sp³-hybridized carbons (Fsp3) is 0.692. The third-order valence-corrected chi connectivity index (χ3v) is 10.1. The fourth-order valence-electron chi connectivity index (χ4n) is 5.21. The minimum atomic E-state index is -4.34. The molecule has 0 amide bonds. The summed E-state index contributed by atoms with van der Waals surface area (Å²) in [6, 6.07) is 0. The highest BCUT2D eigenvalue weighted by Gasteiger charge is 2.51. The summed E-state index contributed by atoms with van der Waals surface area (Å²) in [5.41, 5.74) is 10.9. The molecule has 0 radical (unpaired) electrons. The summed E-state index contributed by atoms with van der Waals surface area (Å²) in [5.74, 6) is -0.00115. The van der Waals surface area contributed by atoms with E-state index in [1.54, 1.807) is 13.8 Å². The summed E-state index contributed by atoms with van der Waals surface area (Å²) in [7, 11) is 2.89. The number of methoxy groups -OCH3 is 2. The smallest absolute Gasteiger partial charge is 0.351 e. The van der Waals surface area contributed by atoms with Crippen LogP contribution in [-0.2, 0) is 65.6 Å². The molecular weight excluding hydrogens is 762 g/mol. The molecule has 288 valence electrons. The lowest BCUT2D eigenvalue weighted by Crippen LogP contribution is -2.40. The van der Waals surface area contributed by atoms with E-state index in [1.807, 2.05) is 0 Å². The van der Waals surface area contributed by atoms with Gasteiger partial charge in [-0.15, -0.1) is 0 Å². The quantitative estimate of drug-likeness (QED) is 0.0727. The van der Waals surface area contributed by atoms with Crippen molar-refractivity contribution in [3.8, 4) is 0 Å².